The Morgan fingerprint density at radius 3 is 2.75 bits per heavy atom. The largest absolute Gasteiger partial charge is 0.472 e. The van der Waals surface area contributed by atoms with Gasteiger partial charge >= 0.3 is 5.97 Å². The van der Waals surface area contributed by atoms with E-state index in [-0.39, 0.29) is 6.04 Å². The third-order valence-corrected chi connectivity index (χ3v) is 1.53. The molecule has 68 valence electrons. The van der Waals surface area contributed by atoms with Crippen LogP contribution in [0.25, 0.3) is 0 Å². The van der Waals surface area contributed by atoms with Gasteiger partial charge in [-0.1, -0.05) is 5.92 Å². The van der Waals surface area contributed by atoms with Gasteiger partial charge in [-0.25, -0.2) is 4.79 Å². The minimum absolute atomic E-state index is 0.343. The topological polar surface area (TPSA) is 63.3 Å². The summed E-state index contributed by atoms with van der Waals surface area (Å²) < 4.78 is 0. The van der Waals surface area contributed by atoms with Crippen LogP contribution in [-0.4, -0.2) is 23.0 Å². The summed E-state index contributed by atoms with van der Waals surface area (Å²) in [4.78, 5) is 9.98. The van der Waals surface area contributed by atoms with E-state index in [4.69, 9.17) is 22.4 Å². The van der Waals surface area contributed by atoms with Crippen molar-refractivity contribution >= 4 is 17.6 Å². The molecule has 0 aliphatic carbocycles. The number of nitrogens with two attached hydrogens (primary N) is 1. The number of alkyl halides is 1. The molecule has 3 nitrogen and oxygen atoms in total. The van der Waals surface area contributed by atoms with Crippen molar-refractivity contribution < 1.29 is 9.90 Å². The highest BCUT2D eigenvalue weighted by molar-refractivity contribution is 6.17. The first kappa shape index (κ1) is 11.3. The quantitative estimate of drug-likeness (QED) is 0.391. The number of hydrogen-bond donors (Lipinski definition) is 2. The summed E-state index contributed by atoms with van der Waals surface area (Å²) in [5.74, 6) is 3.88. The van der Waals surface area contributed by atoms with Gasteiger partial charge in [-0.3, -0.25) is 0 Å². The number of hydrogen-bond acceptors (Lipinski definition) is 2. The van der Waals surface area contributed by atoms with Crippen LogP contribution in [0.15, 0.2) is 0 Å². The van der Waals surface area contributed by atoms with E-state index in [2.05, 4.69) is 5.92 Å². The SMILES string of the molecule is NC(C#CC(=O)O)CCCCCl. The Kier molecular flexibility index (Phi) is 6.54. The molecule has 0 aromatic carbocycles. The molecule has 3 N–H and O–H groups in total. The monoisotopic (exact) mass is 189 g/mol. The van der Waals surface area contributed by atoms with Gasteiger partial charge < -0.3 is 10.8 Å². The zero-order chi connectivity index (χ0) is 9.40. The van der Waals surface area contributed by atoms with Gasteiger partial charge in [0.25, 0.3) is 0 Å². The minimum atomic E-state index is -1.14. The molecule has 0 aliphatic rings. The van der Waals surface area contributed by atoms with Gasteiger partial charge in [-0.05, 0) is 19.3 Å². The molecule has 0 aromatic heterocycles. The van der Waals surface area contributed by atoms with Crippen molar-refractivity contribution in [3.05, 3.63) is 0 Å². The van der Waals surface area contributed by atoms with Crippen molar-refractivity contribution in [3.8, 4) is 11.8 Å². The van der Waals surface area contributed by atoms with E-state index in [1.807, 2.05) is 5.92 Å². The molecule has 0 radical (unpaired) electrons. The van der Waals surface area contributed by atoms with Crippen molar-refractivity contribution in [2.75, 3.05) is 5.88 Å². The van der Waals surface area contributed by atoms with Crippen LogP contribution in [0.3, 0.4) is 0 Å². The lowest BCUT2D eigenvalue weighted by molar-refractivity contribution is -0.130. The fourth-order valence-corrected chi connectivity index (χ4v) is 0.874. The van der Waals surface area contributed by atoms with Gasteiger partial charge in [0.2, 0.25) is 0 Å². The second kappa shape index (κ2) is 6.96. The third-order valence-electron chi connectivity index (χ3n) is 1.26. The fourth-order valence-electron chi connectivity index (χ4n) is 0.685. The molecule has 0 spiro atoms. The van der Waals surface area contributed by atoms with E-state index in [0.717, 1.165) is 12.8 Å². The zero-order valence-corrected chi connectivity index (χ0v) is 7.47. The molecule has 1 unspecified atom stereocenters. The van der Waals surface area contributed by atoms with Gasteiger partial charge in [-0.2, -0.15) is 0 Å². The highest BCUT2D eigenvalue weighted by Gasteiger charge is 1.96. The first-order chi connectivity index (χ1) is 5.66. The maximum atomic E-state index is 9.98. The van der Waals surface area contributed by atoms with Crippen molar-refractivity contribution in [2.24, 2.45) is 5.73 Å². The summed E-state index contributed by atoms with van der Waals surface area (Å²) in [6, 6.07) is -0.343. The van der Waals surface area contributed by atoms with Gasteiger partial charge in [0.15, 0.2) is 0 Å². The fraction of sp³-hybridized carbons (Fsp3) is 0.625. The van der Waals surface area contributed by atoms with E-state index in [1.165, 1.54) is 0 Å². The average molecular weight is 190 g/mol. The Balaban J connectivity index is 3.54. The summed E-state index contributed by atoms with van der Waals surface area (Å²) in [7, 11) is 0. The standard InChI is InChI=1S/C8H12ClNO2/c9-6-2-1-3-7(10)4-5-8(11)12/h7H,1-3,6,10H2,(H,11,12). The lowest BCUT2D eigenvalue weighted by Crippen LogP contribution is -2.17. The summed E-state index contributed by atoms with van der Waals surface area (Å²) in [6.45, 7) is 0. The van der Waals surface area contributed by atoms with Crippen LogP contribution in [0.4, 0.5) is 0 Å². The van der Waals surface area contributed by atoms with Crippen molar-refractivity contribution in [2.45, 2.75) is 25.3 Å². The van der Waals surface area contributed by atoms with E-state index in [0.29, 0.717) is 12.3 Å². The molecule has 0 aromatic rings. The summed E-state index contributed by atoms with van der Waals surface area (Å²) in [5, 5.41) is 8.18. The number of rotatable bonds is 4. The number of carboxylic acid groups (broad SMARTS) is 1. The number of aliphatic carboxylic acids is 1. The van der Waals surface area contributed by atoms with E-state index < -0.39 is 5.97 Å². The second-order valence-electron chi connectivity index (χ2n) is 2.37. The second-order valence-corrected chi connectivity index (χ2v) is 2.74. The summed E-state index contributed by atoms with van der Waals surface area (Å²) in [5.41, 5.74) is 5.48. The van der Waals surface area contributed by atoms with E-state index in [9.17, 15) is 4.79 Å². The van der Waals surface area contributed by atoms with Crippen LogP contribution >= 0.6 is 11.6 Å². The van der Waals surface area contributed by atoms with Crippen LogP contribution in [0.1, 0.15) is 19.3 Å². The van der Waals surface area contributed by atoms with Crippen molar-refractivity contribution in [3.63, 3.8) is 0 Å². The molecular formula is C8H12ClNO2. The summed E-state index contributed by atoms with van der Waals surface area (Å²) >= 11 is 5.44. The molecule has 0 saturated carbocycles. The summed E-state index contributed by atoms with van der Waals surface area (Å²) in [6.07, 6.45) is 2.48. The smallest absolute Gasteiger partial charge is 0.381 e. The lowest BCUT2D eigenvalue weighted by atomic mass is 10.1. The molecule has 0 amide bonds. The molecule has 0 fully saturated rings. The Morgan fingerprint density at radius 2 is 2.25 bits per heavy atom. The van der Waals surface area contributed by atoms with E-state index >= 15 is 0 Å². The van der Waals surface area contributed by atoms with Crippen LogP contribution in [0.5, 0.6) is 0 Å². The maximum Gasteiger partial charge on any atom is 0.381 e. The highest BCUT2D eigenvalue weighted by atomic mass is 35.5. The molecule has 1 atom stereocenters. The maximum absolute atomic E-state index is 9.98. The normalized spacial score (nSPS) is 11.5. The molecular weight excluding hydrogens is 178 g/mol. The number of unbranched alkanes of at least 4 members (excludes halogenated alkanes) is 1. The first-order valence-corrected chi connectivity index (χ1v) is 4.26. The van der Waals surface area contributed by atoms with Gasteiger partial charge in [0.05, 0.1) is 6.04 Å². The molecule has 0 aliphatic heterocycles. The highest BCUT2D eigenvalue weighted by Crippen LogP contribution is 1.99. The number of halogens is 1. The van der Waals surface area contributed by atoms with Crippen molar-refractivity contribution in [1.82, 2.24) is 0 Å². The lowest BCUT2D eigenvalue weighted by Gasteiger charge is -2.00. The zero-order valence-electron chi connectivity index (χ0n) is 6.72. The predicted molar refractivity (Wildman–Crippen MR) is 48.0 cm³/mol. The van der Waals surface area contributed by atoms with Crippen LogP contribution in [0.2, 0.25) is 0 Å². The van der Waals surface area contributed by atoms with Crippen LogP contribution < -0.4 is 5.73 Å². The third kappa shape index (κ3) is 7.39. The average Bonchev–Trinajstić information content (AvgIpc) is 2.01. The molecule has 0 rings (SSSR count). The molecule has 0 heterocycles. The Bertz CT molecular complexity index is 195. The molecule has 4 heteroatoms. The molecule has 0 saturated heterocycles. The minimum Gasteiger partial charge on any atom is -0.472 e. The number of carboxylic acids is 1. The Hall–Kier alpha value is -0.720. The molecule has 0 bridgehead atoms. The predicted octanol–water partition coefficient (Wildman–Crippen LogP) is 0.811. The Morgan fingerprint density at radius 1 is 1.58 bits per heavy atom. The first-order valence-electron chi connectivity index (χ1n) is 3.73. The van der Waals surface area contributed by atoms with Crippen LogP contribution in [0, 0.1) is 11.8 Å². The Labute approximate surface area is 76.9 Å². The van der Waals surface area contributed by atoms with E-state index in [1.54, 1.807) is 0 Å². The van der Waals surface area contributed by atoms with Gasteiger partial charge in [0, 0.05) is 11.8 Å². The van der Waals surface area contributed by atoms with Gasteiger partial charge in [0.1, 0.15) is 0 Å². The molecule has 12 heavy (non-hydrogen) atoms. The van der Waals surface area contributed by atoms with Crippen molar-refractivity contribution in [1.29, 1.82) is 0 Å². The number of carbonyl (C=O) groups is 1. The van der Waals surface area contributed by atoms with Gasteiger partial charge in [-0.15, -0.1) is 11.6 Å². The van der Waals surface area contributed by atoms with Crippen LogP contribution in [-0.2, 0) is 4.79 Å².